The molecule has 29 heavy (non-hydrogen) atoms. The molecular formula is C20H22N2O5S2. The van der Waals surface area contributed by atoms with Gasteiger partial charge in [0.15, 0.2) is 15.0 Å². The van der Waals surface area contributed by atoms with Crippen molar-refractivity contribution >= 4 is 42.4 Å². The molecule has 9 heteroatoms. The molecule has 3 rings (SSSR count). The summed E-state index contributed by atoms with van der Waals surface area (Å²) < 4.78 is 36.1. The van der Waals surface area contributed by atoms with Gasteiger partial charge in [-0.1, -0.05) is 17.4 Å². The summed E-state index contributed by atoms with van der Waals surface area (Å²) in [5.41, 5.74) is 1.75. The van der Waals surface area contributed by atoms with Crippen LogP contribution in [0.1, 0.15) is 18.4 Å². The molecule has 0 aliphatic rings. The lowest BCUT2D eigenvalue weighted by Gasteiger charge is -2.06. The van der Waals surface area contributed by atoms with Gasteiger partial charge < -0.3 is 14.8 Å². The topological polar surface area (TPSA) is 94.6 Å². The number of sulfone groups is 1. The second kappa shape index (κ2) is 8.79. The molecule has 0 aliphatic carbocycles. The van der Waals surface area contributed by atoms with Crippen molar-refractivity contribution in [2.75, 3.05) is 25.3 Å². The monoisotopic (exact) mass is 434 g/mol. The number of benzene rings is 2. The Hall–Kier alpha value is -2.65. The molecular weight excluding hydrogens is 412 g/mol. The van der Waals surface area contributed by atoms with Crippen LogP contribution in [0, 0.1) is 6.92 Å². The molecule has 2 aromatic carbocycles. The number of nitrogens with zero attached hydrogens (tertiary/aromatic N) is 1. The molecule has 0 bridgehead atoms. The van der Waals surface area contributed by atoms with E-state index in [1.807, 2.05) is 19.1 Å². The predicted molar refractivity (Wildman–Crippen MR) is 114 cm³/mol. The molecule has 1 aromatic heterocycles. The van der Waals surface area contributed by atoms with Gasteiger partial charge in [-0.05, 0) is 49.2 Å². The van der Waals surface area contributed by atoms with E-state index in [0.717, 1.165) is 10.3 Å². The maximum Gasteiger partial charge on any atom is 0.226 e. The second-order valence-corrected chi connectivity index (χ2v) is 9.54. The molecule has 0 saturated heterocycles. The molecule has 3 aromatic rings. The first-order chi connectivity index (χ1) is 13.8. The fraction of sp³-hybridized carbons (Fsp3) is 0.300. The quantitative estimate of drug-likeness (QED) is 0.579. The molecule has 0 unspecified atom stereocenters. The highest BCUT2D eigenvalue weighted by molar-refractivity contribution is 7.91. The minimum Gasteiger partial charge on any atom is -0.497 e. The number of nitrogens with one attached hydrogen (secondary N) is 1. The largest absolute Gasteiger partial charge is 0.497 e. The number of ether oxygens (including phenoxy) is 2. The van der Waals surface area contributed by atoms with Crippen molar-refractivity contribution in [1.82, 2.24) is 4.98 Å². The van der Waals surface area contributed by atoms with Crippen LogP contribution in [0.3, 0.4) is 0 Å². The molecule has 0 spiro atoms. The van der Waals surface area contributed by atoms with Crippen LogP contribution in [0.2, 0.25) is 0 Å². The van der Waals surface area contributed by atoms with E-state index in [1.165, 1.54) is 30.6 Å². The Kier molecular flexibility index (Phi) is 6.39. The van der Waals surface area contributed by atoms with E-state index in [2.05, 4.69) is 10.3 Å². The summed E-state index contributed by atoms with van der Waals surface area (Å²) in [5, 5.41) is 3.22. The molecule has 0 atom stereocenters. The van der Waals surface area contributed by atoms with Crippen LogP contribution in [0.25, 0.3) is 10.2 Å². The highest BCUT2D eigenvalue weighted by atomic mass is 32.2. The van der Waals surface area contributed by atoms with Crippen LogP contribution in [0.15, 0.2) is 41.3 Å². The van der Waals surface area contributed by atoms with Crippen molar-refractivity contribution in [2.45, 2.75) is 24.7 Å². The Bertz CT molecular complexity index is 1120. The molecule has 0 radical (unpaired) electrons. The lowest BCUT2D eigenvalue weighted by molar-refractivity contribution is -0.116. The summed E-state index contributed by atoms with van der Waals surface area (Å²) in [6.45, 7) is 1.97. The Balaban J connectivity index is 1.60. The van der Waals surface area contributed by atoms with E-state index in [4.69, 9.17) is 9.47 Å². The highest BCUT2D eigenvalue weighted by Gasteiger charge is 2.17. The van der Waals surface area contributed by atoms with Gasteiger partial charge in [-0.2, -0.15) is 0 Å². The third-order valence-electron chi connectivity index (χ3n) is 4.41. The number of carbonyl (C=O) groups is 1. The summed E-state index contributed by atoms with van der Waals surface area (Å²) in [7, 11) is -0.361. The van der Waals surface area contributed by atoms with Gasteiger partial charge in [0.25, 0.3) is 0 Å². The van der Waals surface area contributed by atoms with Crippen LogP contribution < -0.4 is 14.8 Å². The Morgan fingerprint density at radius 3 is 2.48 bits per heavy atom. The van der Waals surface area contributed by atoms with Gasteiger partial charge in [0.2, 0.25) is 5.91 Å². The predicted octanol–water partition coefficient (Wildman–Crippen LogP) is 3.81. The zero-order chi connectivity index (χ0) is 21.0. The van der Waals surface area contributed by atoms with Crippen molar-refractivity contribution in [2.24, 2.45) is 0 Å². The zero-order valence-corrected chi connectivity index (χ0v) is 18.0. The lowest BCUT2D eigenvalue weighted by atomic mass is 10.2. The maximum atomic E-state index is 12.4. The fourth-order valence-corrected chi connectivity index (χ4v) is 5.11. The summed E-state index contributed by atoms with van der Waals surface area (Å²) in [6.07, 6.45) is 0.300. The SMILES string of the molecule is COc1ccc(S(=O)(=O)CCCC(=O)Nc2nc3c(OC)ccc(C)c3s2)cc1. The average molecular weight is 435 g/mol. The van der Waals surface area contributed by atoms with Crippen LogP contribution in [0.5, 0.6) is 11.5 Å². The fourth-order valence-electron chi connectivity index (χ4n) is 2.83. The summed E-state index contributed by atoms with van der Waals surface area (Å²) >= 11 is 1.37. The third kappa shape index (κ3) is 4.86. The van der Waals surface area contributed by atoms with Crippen LogP contribution in [0.4, 0.5) is 5.13 Å². The van der Waals surface area contributed by atoms with Gasteiger partial charge in [-0.3, -0.25) is 4.79 Å². The van der Waals surface area contributed by atoms with Crippen molar-refractivity contribution in [1.29, 1.82) is 0 Å². The smallest absolute Gasteiger partial charge is 0.226 e. The first-order valence-electron chi connectivity index (χ1n) is 8.95. The normalized spacial score (nSPS) is 11.4. The Morgan fingerprint density at radius 2 is 1.83 bits per heavy atom. The summed E-state index contributed by atoms with van der Waals surface area (Å²) in [4.78, 5) is 16.9. The number of thiazole rings is 1. The zero-order valence-electron chi connectivity index (χ0n) is 16.4. The van der Waals surface area contributed by atoms with Crippen molar-refractivity contribution in [3.8, 4) is 11.5 Å². The van der Waals surface area contributed by atoms with Crippen LogP contribution in [-0.4, -0.2) is 39.3 Å². The second-order valence-electron chi connectivity index (χ2n) is 6.43. The number of methoxy groups -OCH3 is 2. The number of aryl methyl sites for hydroxylation is 1. The highest BCUT2D eigenvalue weighted by Crippen LogP contribution is 2.34. The number of hydrogen-bond acceptors (Lipinski definition) is 7. The molecule has 1 N–H and O–H groups in total. The van der Waals surface area contributed by atoms with Gasteiger partial charge >= 0.3 is 0 Å². The van der Waals surface area contributed by atoms with Crippen LogP contribution in [-0.2, 0) is 14.6 Å². The number of hydrogen-bond donors (Lipinski definition) is 1. The standard InChI is InChI=1S/C20H22N2O5S2/c1-13-6-11-16(27-3)18-19(13)28-20(22-18)21-17(23)5-4-12-29(24,25)15-9-7-14(26-2)8-10-15/h6-11H,4-5,12H2,1-3H3,(H,21,22,23). The molecule has 0 saturated carbocycles. The summed E-state index contributed by atoms with van der Waals surface area (Å²) in [5.74, 6) is 0.851. The minimum absolute atomic E-state index is 0.0847. The van der Waals surface area contributed by atoms with Crippen LogP contribution >= 0.6 is 11.3 Å². The molecule has 0 aliphatic heterocycles. The van der Waals surface area contributed by atoms with E-state index >= 15 is 0 Å². The summed E-state index contributed by atoms with van der Waals surface area (Å²) in [6, 6.07) is 9.99. The van der Waals surface area contributed by atoms with Gasteiger partial charge in [-0.15, -0.1) is 0 Å². The molecule has 154 valence electrons. The van der Waals surface area contributed by atoms with Crippen molar-refractivity contribution < 1.29 is 22.7 Å². The molecule has 1 amide bonds. The number of rotatable bonds is 8. The van der Waals surface area contributed by atoms with E-state index < -0.39 is 9.84 Å². The van der Waals surface area contributed by atoms with Crippen molar-refractivity contribution in [3.05, 3.63) is 42.0 Å². The van der Waals surface area contributed by atoms with Gasteiger partial charge in [0.05, 0.1) is 29.6 Å². The Morgan fingerprint density at radius 1 is 1.10 bits per heavy atom. The first-order valence-corrected chi connectivity index (χ1v) is 11.4. The van der Waals surface area contributed by atoms with E-state index in [1.54, 1.807) is 19.2 Å². The number of anilines is 1. The Labute approximate surface area is 173 Å². The van der Waals surface area contributed by atoms with Gasteiger partial charge in [0.1, 0.15) is 17.0 Å². The van der Waals surface area contributed by atoms with E-state index in [0.29, 0.717) is 22.1 Å². The maximum absolute atomic E-state index is 12.4. The molecule has 7 nitrogen and oxygen atoms in total. The number of fused-ring (bicyclic) bond motifs is 1. The molecule has 1 heterocycles. The number of carbonyl (C=O) groups excluding carboxylic acids is 1. The average Bonchev–Trinajstić information content (AvgIpc) is 3.12. The molecule has 0 fully saturated rings. The van der Waals surface area contributed by atoms with Crippen molar-refractivity contribution in [3.63, 3.8) is 0 Å². The van der Waals surface area contributed by atoms with E-state index in [-0.39, 0.29) is 29.4 Å². The first kappa shape index (κ1) is 21.1. The van der Waals surface area contributed by atoms with Gasteiger partial charge in [0, 0.05) is 6.42 Å². The van der Waals surface area contributed by atoms with E-state index in [9.17, 15) is 13.2 Å². The lowest BCUT2D eigenvalue weighted by Crippen LogP contribution is -2.14. The minimum atomic E-state index is -3.45. The van der Waals surface area contributed by atoms with Gasteiger partial charge in [-0.25, -0.2) is 13.4 Å². The number of aromatic nitrogens is 1. The number of amides is 1. The third-order valence-corrected chi connectivity index (χ3v) is 7.33.